The minimum atomic E-state index is -1.42. The van der Waals surface area contributed by atoms with Crippen molar-refractivity contribution in [1.29, 1.82) is 0 Å². The highest BCUT2D eigenvalue weighted by Crippen LogP contribution is 2.17. The van der Waals surface area contributed by atoms with Gasteiger partial charge in [-0.1, -0.05) is 84.5 Å². The quantitative estimate of drug-likeness (QED) is 0.172. The Morgan fingerprint density at radius 2 is 1.26 bits per heavy atom. The molecule has 0 aromatic carbocycles. The van der Waals surface area contributed by atoms with Gasteiger partial charge in [-0.05, 0) is 12.8 Å². The van der Waals surface area contributed by atoms with E-state index in [4.69, 9.17) is 11.6 Å². The molecule has 0 saturated heterocycles. The van der Waals surface area contributed by atoms with Crippen molar-refractivity contribution < 1.29 is 9.90 Å². The number of likely N-dealkylation sites (N-methyl/N-ethyl adjacent to an activating group) is 1. The SMILES string of the molecule is CCCCCCCCCCCCCCC(N)(C(=O)O)N(N)CC. The van der Waals surface area contributed by atoms with Crippen molar-refractivity contribution in [2.75, 3.05) is 6.54 Å². The van der Waals surface area contributed by atoms with Gasteiger partial charge in [0.2, 0.25) is 0 Å². The van der Waals surface area contributed by atoms with E-state index < -0.39 is 11.6 Å². The van der Waals surface area contributed by atoms with E-state index >= 15 is 0 Å². The third-order valence-electron chi connectivity index (χ3n) is 4.64. The Hall–Kier alpha value is -0.650. The molecular weight excluding hydrogens is 290 g/mol. The first-order chi connectivity index (χ1) is 11.0. The predicted molar refractivity (Wildman–Crippen MR) is 96.8 cm³/mol. The van der Waals surface area contributed by atoms with Gasteiger partial charge in [-0.2, -0.15) is 0 Å². The van der Waals surface area contributed by atoms with Crippen molar-refractivity contribution in [3.05, 3.63) is 0 Å². The first kappa shape index (κ1) is 22.4. The molecule has 23 heavy (non-hydrogen) atoms. The van der Waals surface area contributed by atoms with Crippen molar-refractivity contribution in [3.63, 3.8) is 0 Å². The van der Waals surface area contributed by atoms with Crippen LogP contribution in [0, 0.1) is 0 Å². The van der Waals surface area contributed by atoms with Gasteiger partial charge < -0.3 is 10.8 Å². The highest BCUT2D eigenvalue weighted by atomic mass is 16.4. The number of carboxylic acids is 1. The van der Waals surface area contributed by atoms with Gasteiger partial charge in [0.1, 0.15) is 0 Å². The van der Waals surface area contributed by atoms with E-state index in [1.807, 2.05) is 6.92 Å². The summed E-state index contributed by atoms with van der Waals surface area (Å²) in [5, 5.41) is 10.5. The van der Waals surface area contributed by atoms with Crippen LogP contribution in [0.4, 0.5) is 0 Å². The number of aliphatic carboxylic acids is 1. The molecule has 5 N–H and O–H groups in total. The Morgan fingerprint density at radius 3 is 1.61 bits per heavy atom. The minimum absolute atomic E-state index is 0.407. The summed E-state index contributed by atoms with van der Waals surface area (Å²) in [4.78, 5) is 11.3. The summed E-state index contributed by atoms with van der Waals surface area (Å²) in [5.74, 6) is 4.68. The van der Waals surface area contributed by atoms with Gasteiger partial charge >= 0.3 is 5.97 Å². The van der Waals surface area contributed by atoms with E-state index in [0.29, 0.717) is 13.0 Å². The van der Waals surface area contributed by atoms with Gasteiger partial charge in [0, 0.05) is 6.54 Å². The lowest BCUT2D eigenvalue weighted by atomic mass is 10.00. The van der Waals surface area contributed by atoms with Crippen molar-refractivity contribution >= 4 is 5.97 Å². The second kappa shape index (κ2) is 13.8. The smallest absolute Gasteiger partial charge is 0.340 e. The summed E-state index contributed by atoms with van der Waals surface area (Å²) >= 11 is 0. The number of nitrogens with two attached hydrogens (primary N) is 2. The van der Waals surface area contributed by atoms with Crippen LogP contribution in [0.5, 0.6) is 0 Å². The van der Waals surface area contributed by atoms with Crippen LogP contribution >= 0.6 is 0 Å². The van der Waals surface area contributed by atoms with E-state index in [9.17, 15) is 9.90 Å². The molecule has 138 valence electrons. The number of hydrazine groups is 1. The molecule has 0 aromatic rings. The maximum Gasteiger partial charge on any atom is 0.340 e. The van der Waals surface area contributed by atoms with Crippen LogP contribution < -0.4 is 11.6 Å². The Kier molecular flexibility index (Phi) is 13.4. The second-order valence-electron chi connectivity index (χ2n) is 6.65. The van der Waals surface area contributed by atoms with Crippen LogP contribution in [0.1, 0.15) is 97.3 Å². The van der Waals surface area contributed by atoms with Gasteiger partial charge in [-0.15, -0.1) is 0 Å². The summed E-state index contributed by atoms with van der Waals surface area (Å²) < 4.78 is 0. The normalized spacial score (nSPS) is 14.1. The molecule has 0 aliphatic heterocycles. The van der Waals surface area contributed by atoms with E-state index in [0.717, 1.165) is 19.3 Å². The van der Waals surface area contributed by atoms with Crippen LogP contribution in [-0.2, 0) is 4.79 Å². The van der Waals surface area contributed by atoms with Crippen LogP contribution in [-0.4, -0.2) is 28.3 Å². The number of unbranched alkanes of at least 4 members (excludes halogenated alkanes) is 11. The van der Waals surface area contributed by atoms with Gasteiger partial charge in [0.15, 0.2) is 5.66 Å². The number of carbonyl (C=O) groups is 1. The van der Waals surface area contributed by atoms with Crippen LogP contribution in [0.15, 0.2) is 0 Å². The average molecular weight is 330 g/mol. The molecule has 0 rings (SSSR count). The largest absolute Gasteiger partial charge is 0.479 e. The Morgan fingerprint density at radius 1 is 0.870 bits per heavy atom. The molecule has 5 heteroatoms. The highest BCUT2D eigenvalue weighted by molar-refractivity contribution is 5.77. The highest BCUT2D eigenvalue weighted by Gasteiger charge is 2.37. The fourth-order valence-electron chi connectivity index (χ4n) is 2.89. The summed E-state index contributed by atoms with van der Waals surface area (Å²) in [5.41, 5.74) is 4.50. The maximum atomic E-state index is 11.3. The topological polar surface area (TPSA) is 92.6 Å². The van der Waals surface area contributed by atoms with Crippen molar-refractivity contribution in [3.8, 4) is 0 Å². The average Bonchev–Trinajstić information content (AvgIpc) is 2.54. The zero-order valence-electron chi connectivity index (χ0n) is 15.4. The number of hydrogen-bond acceptors (Lipinski definition) is 4. The van der Waals surface area contributed by atoms with Gasteiger partial charge in [0.05, 0.1) is 0 Å². The molecule has 0 aliphatic rings. The fourth-order valence-corrected chi connectivity index (χ4v) is 2.89. The van der Waals surface area contributed by atoms with E-state index in [-0.39, 0.29) is 0 Å². The third-order valence-corrected chi connectivity index (χ3v) is 4.64. The van der Waals surface area contributed by atoms with Crippen molar-refractivity contribution in [2.45, 2.75) is 103 Å². The summed E-state index contributed by atoms with van der Waals surface area (Å²) in [6.45, 7) is 4.49. The zero-order chi connectivity index (χ0) is 17.6. The molecule has 0 aromatic heterocycles. The maximum absolute atomic E-state index is 11.3. The van der Waals surface area contributed by atoms with E-state index in [1.54, 1.807) is 0 Å². The second-order valence-corrected chi connectivity index (χ2v) is 6.65. The van der Waals surface area contributed by atoms with Crippen LogP contribution in [0.2, 0.25) is 0 Å². The number of hydrogen-bond donors (Lipinski definition) is 3. The predicted octanol–water partition coefficient (Wildman–Crippen LogP) is 4.01. The van der Waals surface area contributed by atoms with Crippen LogP contribution in [0.3, 0.4) is 0 Å². The molecule has 0 heterocycles. The molecule has 0 amide bonds. The zero-order valence-corrected chi connectivity index (χ0v) is 15.4. The lowest BCUT2D eigenvalue weighted by Gasteiger charge is -2.33. The molecule has 0 spiro atoms. The lowest BCUT2D eigenvalue weighted by Crippen LogP contribution is -2.64. The Labute approximate surface area is 142 Å². The molecule has 0 aliphatic carbocycles. The molecule has 0 saturated carbocycles. The fraction of sp³-hybridized carbons (Fsp3) is 0.944. The Bertz CT molecular complexity index is 300. The van der Waals surface area contributed by atoms with Gasteiger partial charge in [-0.25, -0.2) is 9.80 Å². The molecular formula is C18H39N3O2. The van der Waals surface area contributed by atoms with E-state index in [1.165, 1.54) is 62.8 Å². The van der Waals surface area contributed by atoms with Crippen LogP contribution in [0.25, 0.3) is 0 Å². The van der Waals surface area contributed by atoms with E-state index in [2.05, 4.69) is 6.92 Å². The molecule has 1 unspecified atom stereocenters. The minimum Gasteiger partial charge on any atom is -0.479 e. The first-order valence-electron chi connectivity index (χ1n) is 9.53. The number of carboxylic acid groups (broad SMARTS) is 1. The molecule has 5 nitrogen and oxygen atoms in total. The molecule has 0 fully saturated rings. The van der Waals surface area contributed by atoms with Gasteiger partial charge in [-0.3, -0.25) is 5.84 Å². The molecule has 0 radical (unpaired) electrons. The van der Waals surface area contributed by atoms with Crippen molar-refractivity contribution in [1.82, 2.24) is 5.01 Å². The first-order valence-corrected chi connectivity index (χ1v) is 9.53. The number of nitrogens with zero attached hydrogens (tertiary/aromatic N) is 1. The van der Waals surface area contributed by atoms with Crippen molar-refractivity contribution in [2.24, 2.45) is 11.6 Å². The number of rotatable bonds is 16. The summed E-state index contributed by atoms with van der Waals surface area (Å²) in [7, 11) is 0. The standard InChI is InChI=1S/C18H39N3O2/c1-3-5-6-7-8-9-10-11-12-13-14-15-16-18(19,17(22)23)21(20)4-2/h3-16,19-20H2,1-2H3,(H,22,23). The summed E-state index contributed by atoms with van der Waals surface area (Å²) in [6.07, 6.45) is 15.4. The molecule has 1 atom stereocenters. The summed E-state index contributed by atoms with van der Waals surface area (Å²) in [6, 6.07) is 0. The lowest BCUT2D eigenvalue weighted by molar-refractivity contribution is -0.152. The van der Waals surface area contributed by atoms with Gasteiger partial charge in [0.25, 0.3) is 0 Å². The Balaban J connectivity index is 3.56. The third kappa shape index (κ3) is 9.95. The monoisotopic (exact) mass is 329 g/mol. The molecule has 0 bridgehead atoms.